The van der Waals surface area contributed by atoms with Crippen molar-refractivity contribution in [2.45, 2.75) is 20.5 Å². The maximum absolute atomic E-state index is 11.3. The monoisotopic (exact) mass is 306 g/mol. The number of hydrogen-bond acceptors (Lipinski definition) is 3. The van der Waals surface area contributed by atoms with Crippen molar-refractivity contribution in [1.29, 1.82) is 0 Å². The van der Waals surface area contributed by atoms with Crippen molar-refractivity contribution < 1.29 is 9.53 Å². The van der Waals surface area contributed by atoms with Crippen molar-refractivity contribution >= 4 is 22.5 Å². The minimum atomic E-state index is -0.119. The van der Waals surface area contributed by atoms with Gasteiger partial charge in [0.1, 0.15) is 12.4 Å². The fourth-order valence-corrected chi connectivity index (χ4v) is 2.56. The molecule has 0 saturated heterocycles. The number of para-hydroxylation sites is 3. The molecule has 0 radical (unpaired) electrons. The molecule has 1 heterocycles. The zero-order chi connectivity index (χ0) is 16.2. The SMILES string of the molecule is CC(=O)Nc1ccccc1OCc1cc(C)nc2ccccc12. The number of aromatic nitrogens is 1. The second-order valence-corrected chi connectivity index (χ2v) is 5.41. The van der Waals surface area contributed by atoms with Gasteiger partial charge in [0.2, 0.25) is 5.91 Å². The average molecular weight is 306 g/mol. The number of aryl methyl sites for hydroxylation is 1. The minimum absolute atomic E-state index is 0.119. The Hall–Kier alpha value is -2.88. The molecule has 0 aliphatic heterocycles. The van der Waals surface area contributed by atoms with Gasteiger partial charge in [-0.1, -0.05) is 30.3 Å². The lowest BCUT2D eigenvalue weighted by Gasteiger charge is -2.13. The standard InChI is InChI=1S/C19H18N2O2/c1-13-11-15(16-7-3-4-8-17(16)20-13)12-23-19-10-6-5-9-18(19)21-14(2)22/h3-11H,12H2,1-2H3,(H,21,22). The van der Waals surface area contributed by atoms with E-state index in [0.717, 1.165) is 22.2 Å². The minimum Gasteiger partial charge on any atom is -0.487 e. The van der Waals surface area contributed by atoms with Crippen molar-refractivity contribution in [3.63, 3.8) is 0 Å². The summed E-state index contributed by atoms with van der Waals surface area (Å²) in [5.41, 5.74) is 3.67. The number of nitrogens with one attached hydrogen (secondary N) is 1. The smallest absolute Gasteiger partial charge is 0.221 e. The quantitative estimate of drug-likeness (QED) is 0.790. The summed E-state index contributed by atoms with van der Waals surface area (Å²) in [5, 5.41) is 3.86. The zero-order valence-electron chi connectivity index (χ0n) is 13.2. The lowest BCUT2D eigenvalue weighted by molar-refractivity contribution is -0.114. The number of pyridine rings is 1. The number of benzene rings is 2. The van der Waals surface area contributed by atoms with Gasteiger partial charge in [0, 0.05) is 23.6 Å². The molecule has 1 aromatic heterocycles. The Morgan fingerprint density at radius 1 is 1.13 bits per heavy atom. The van der Waals surface area contributed by atoms with Crippen molar-refractivity contribution in [3.05, 3.63) is 65.9 Å². The van der Waals surface area contributed by atoms with Crippen molar-refractivity contribution in [3.8, 4) is 5.75 Å². The summed E-state index contributed by atoms with van der Waals surface area (Å²) in [6.45, 7) is 3.87. The molecule has 3 aromatic rings. The van der Waals surface area contributed by atoms with Crippen LogP contribution >= 0.6 is 0 Å². The summed E-state index contributed by atoms with van der Waals surface area (Å²) >= 11 is 0. The van der Waals surface area contributed by atoms with E-state index < -0.39 is 0 Å². The fourth-order valence-electron chi connectivity index (χ4n) is 2.56. The molecule has 1 amide bonds. The van der Waals surface area contributed by atoms with Crippen molar-refractivity contribution in [2.24, 2.45) is 0 Å². The third-order valence-corrected chi connectivity index (χ3v) is 3.51. The predicted molar refractivity (Wildman–Crippen MR) is 91.6 cm³/mol. The number of rotatable bonds is 4. The van der Waals surface area contributed by atoms with Gasteiger partial charge >= 0.3 is 0 Å². The van der Waals surface area contributed by atoms with Crippen LogP contribution in [0.15, 0.2) is 54.6 Å². The molecular formula is C19H18N2O2. The Labute approximate surface area is 135 Å². The zero-order valence-corrected chi connectivity index (χ0v) is 13.2. The number of carbonyl (C=O) groups is 1. The van der Waals surface area contributed by atoms with Crippen LogP contribution in [-0.2, 0) is 11.4 Å². The highest BCUT2D eigenvalue weighted by atomic mass is 16.5. The van der Waals surface area contributed by atoms with Crippen molar-refractivity contribution in [1.82, 2.24) is 4.98 Å². The van der Waals surface area contributed by atoms with Crippen LogP contribution in [0.2, 0.25) is 0 Å². The fraction of sp³-hybridized carbons (Fsp3) is 0.158. The van der Waals surface area contributed by atoms with E-state index in [1.807, 2.05) is 61.5 Å². The van der Waals surface area contributed by atoms with Gasteiger partial charge in [-0.2, -0.15) is 0 Å². The molecule has 0 bridgehead atoms. The molecule has 4 nitrogen and oxygen atoms in total. The Morgan fingerprint density at radius 3 is 2.70 bits per heavy atom. The van der Waals surface area contributed by atoms with E-state index in [0.29, 0.717) is 18.0 Å². The molecule has 0 saturated carbocycles. The number of anilines is 1. The van der Waals surface area contributed by atoms with Gasteiger partial charge in [-0.05, 0) is 31.2 Å². The summed E-state index contributed by atoms with van der Waals surface area (Å²) in [6, 6.07) is 17.5. The van der Waals surface area contributed by atoms with Crippen LogP contribution in [0.5, 0.6) is 5.75 Å². The van der Waals surface area contributed by atoms with E-state index in [4.69, 9.17) is 4.74 Å². The highest BCUT2D eigenvalue weighted by molar-refractivity contribution is 5.90. The van der Waals surface area contributed by atoms with Crippen molar-refractivity contribution in [2.75, 3.05) is 5.32 Å². The molecule has 2 aromatic carbocycles. The van der Waals surface area contributed by atoms with Gasteiger partial charge in [-0.3, -0.25) is 9.78 Å². The number of nitrogens with zero attached hydrogens (tertiary/aromatic N) is 1. The van der Waals surface area contributed by atoms with E-state index in [2.05, 4.69) is 10.3 Å². The summed E-state index contributed by atoms with van der Waals surface area (Å²) in [5.74, 6) is 0.535. The van der Waals surface area contributed by atoms with E-state index in [9.17, 15) is 4.79 Å². The van der Waals surface area contributed by atoms with E-state index in [1.165, 1.54) is 6.92 Å². The molecule has 3 rings (SSSR count). The Balaban J connectivity index is 1.88. The molecule has 0 aliphatic rings. The molecule has 0 unspecified atom stereocenters. The molecule has 0 atom stereocenters. The number of ether oxygens (including phenoxy) is 1. The van der Waals surface area contributed by atoms with Gasteiger partial charge in [-0.15, -0.1) is 0 Å². The molecule has 0 spiro atoms. The number of fused-ring (bicyclic) bond motifs is 1. The highest BCUT2D eigenvalue weighted by Crippen LogP contribution is 2.26. The van der Waals surface area contributed by atoms with E-state index in [1.54, 1.807) is 0 Å². The van der Waals surface area contributed by atoms with Crippen LogP contribution in [0.1, 0.15) is 18.2 Å². The topological polar surface area (TPSA) is 51.2 Å². The average Bonchev–Trinajstić information content (AvgIpc) is 2.53. The van der Waals surface area contributed by atoms with Crippen LogP contribution in [0.25, 0.3) is 10.9 Å². The van der Waals surface area contributed by atoms with Crippen LogP contribution in [0.3, 0.4) is 0 Å². The Morgan fingerprint density at radius 2 is 1.87 bits per heavy atom. The van der Waals surface area contributed by atoms with Gasteiger partial charge in [0.15, 0.2) is 0 Å². The summed E-state index contributed by atoms with van der Waals surface area (Å²) in [4.78, 5) is 15.8. The van der Waals surface area contributed by atoms with Crippen LogP contribution < -0.4 is 10.1 Å². The first-order valence-corrected chi connectivity index (χ1v) is 7.48. The van der Waals surface area contributed by atoms with E-state index in [-0.39, 0.29) is 5.91 Å². The lowest BCUT2D eigenvalue weighted by Crippen LogP contribution is -2.08. The number of carbonyl (C=O) groups excluding carboxylic acids is 1. The number of amides is 1. The van der Waals surface area contributed by atoms with Gasteiger partial charge in [-0.25, -0.2) is 0 Å². The first kappa shape index (κ1) is 15.0. The largest absolute Gasteiger partial charge is 0.487 e. The molecule has 0 aliphatic carbocycles. The first-order valence-electron chi connectivity index (χ1n) is 7.48. The van der Waals surface area contributed by atoms with Gasteiger partial charge in [0.05, 0.1) is 11.2 Å². The maximum Gasteiger partial charge on any atom is 0.221 e. The second kappa shape index (κ2) is 6.48. The molecule has 0 fully saturated rings. The maximum atomic E-state index is 11.3. The normalized spacial score (nSPS) is 10.5. The third kappa shape index (κ3) is 3.48. The Kier molecular flexibility index (Phi) is 4.24. The molecule has 1 N–H and O–H groups in total. The molecular weight excluding hydrogens is 288 g/mol. The third-order valence-electron chi connectivity index (χ3n) is 3.51. The second-order valence-electron chi connectivity index (χ2n) is 5.41. The van der Waals surface area contributed by atoms with Gasteiger partial charge < -0.3 is 10.1 Å². The molecule has 116 valence electrons. The van der Waals surface area contributed by atoms with Crippen LogP contribution in [0.4, 0.5) is 5.69 Å². The first-order chi connectivity index (χ1) is 11.1. The van der Waals surface area contributed by atoms with Gasteiger partial charge in [0.25, 0.3) is 0 Å². The van der Waals surface area contributed by atoms with Crippen LogP contribution in [0, 0.1) is 6.92 Å². The Bertz CT molecular complexity index is 859. The summed E-state index contributed by atoms with van der Waals surface area (Å²) < 4.78 is 5.94. The summed E-state index contributed by atoms with van der Waals surface area (Å²) in [7, 11) is 0. The van der Waals surface area contributed by atoms with E-state index >= 15 is 0 Å². The lowest BCUT2D eigenvalue weighted by atomic mass is 10.1. The molecule has 4 heteroatoms. The summed E-state index contributed by atoms with van der Waals surface area (Å²) in [6.07, 6.45) is 0. The highest BCUT2D eigenvalue weighted by Gasteiger charge is 2.08. The predicted octanol–water partition coefficient (Wildman–Crippen LogP) is 4.08. The molecule has 23 heavy (non-hydrogen) atoms. The van der Waals surface area contributed by atoms with Crippen LogP contribution in [-0.4, -0.2) is 10.9 Å². The number of hydrogen-bond donors (Lipinski definition) is 1.